The van der Waals surface area contributed by atoms with E-state index in [0.29, 0.717) is 10.7 Å². The maximum absolute atomic E-state index is 12.4. The minimum absolute atomic E-state index is 0.179. The number of anilines is 1. The van der Waals surface area contributed by atoms with Gasteiger partial charge in [-0.05, 0) is 36.8 Å². The number of hydrogen-bond donors (Lipinski definition) is 3. The van der Waals surface area contributed by atoms with Crippen LogP contribution in [-0.4, -0.2) is 26.2 Å². The van der Waals surface area contributed by atoms with Crippen LogP contribution in [0.2, 0.25) is 5.02 Å². The summed E-state index contributed by atoms with van der Waals surface area (Å²) in [5, 5.41) is 13.2. The van der Waals surface area contributed by atoms with Gasteiger partial charge in [-0.1, -0.05) is 53.7 Å². The summed E-state index contributed by atoms with van der Waals surface area (Å²) >= 11 is 6.88. The highest BCUT2D eigenvalue weighted by Gasteiger charge is 2.18. The van der Waals surface area contributed by atoms with Crippen LogP contribution in [0.15, 0.2) is 64.5 Å². The molecule has 1 atom stereocenters. The van der Waals surface area contributed by atoms with Crippen LogP contribution >= 0.6 is 23.4 Å². The first kappa shape index (κ1) is 20.0. The minimum atomic E-state index is -0.543. The number of carbonyl (C=O) groups excluding carboxylic acids is 1. The van der Waals surface area contributed by atoms with Crippen molar-refractivity contribution in [1.29, 1.82) is 0 Å². The second-order valence-corrected chi connectivity index (χ2v) is 7.86. The molecule has 0 fully saturated rings. The Balaban J connectivity index is 1.69. The number of benzene rings is 2. The summed E-state index contributed by atoms with van der Waals surface area (Å²) in [6, 6.07) is 16.1. The van der Waals surface area contributed by atoms with Gasteiger partial charge in [0.15, 0.2) is 5.16 Å². The number of aromatic amines is 1. The number of nitrogens with zero attached hydrogens (tertiary/aromatic N) is 1. The largest absolute Gasteiger partial charge is 0.493 e. The van der Waals surface area contributed by atoms with Crippen LogP contribution in [-0.2, 0) is 11.2 Å². The molecule has 8 heteroatoms. The summed E-state index contributed by atoms with van der Waals surface area (Å²) in [6.45, 7) is 1.69. The van der Waals surface area contributed by atoms with Crippen molar-refractivity contribution in [1.82, 2.24) is 9.97 Å². The van der Waals surface area contributed by atoms with Gasteiger partial charge in [0.1, 0.15) is 0 Å². The lowest BCUT2D eigenvalue weighted by Crippen LogP contribution is -2.23. The molecule has 3 N–H and O–H groups in total. The van der Waals surface area contributed by atoms with Crippen molar-refractivity contribution in [3.63, 3.8) is 0 Å². The maximum atomic E-state index is 12.4. The van der Waals surface area contributed by atoms with Crippen LogP contribution in [0, 0.1) is 0 Å². The fourth-order valence-corrected chi connectivity index (χ4v) is 3.40. The van der Waals surface area contributed by atoms with Crippen molar-refractivity contribution in [3.8, 4) is 5.88 Å². The molecule has 0 radical (unpaired) electrons. The van der Waals surface area contributed by atoms with Crippen LogP contribution in [0.4, 0.5) is 5.69 Å². The van der Waals surface area contributed by atoms with Gasteiger partial charge in [-0.15, -0.1) is 0 Å². The third-order valence-electron chi connectivity index (χ3n) is 3.97. The van der Waals surface area contributed by atoms with Crippen molar-refractivity contribution in [2.75, 3.05) is 5.32 Å². The third kappa shape index (κ3) is 5.15. The van der Waals surface area contributed by atoms with Gasteiger partial charge >= 0.3 is 0 Å². The van der Waals surface area contributed by atoms with E-state index in [9.17, 15) is 14.7 Å². The fraction of sp³-hybridized carbons (Fsp3) is 0.150. The van der Waals surface area contributed by atoms with E-state index in [-0.39, 0.29) is 28.9 Å². The Hall–Kier alpha value is -2.77. The molecule has 0 aliphatic carbocycles. The van der Waals surface area contributed by atoms with E-state index in [1.54, 1.807) is 31.2 Å². The lowest BCUT2D eigenvalue weighted by molar-refractivity contribution is -0.115. The smallest absolute Gasteiger partial charge is 0.258 e. The topological polar surface area (TPSA) is 95.1 Å². The number of aromatic nitrogens is 2. The molecule has 3 rings (SSSR count). The molecule has 144 valence electrons. The summed E-state index contributed by atoms with van der Waals surface area (Å²) in [7, 11) is 0. The molecule has 28 heavy (non-hydrogen) atoms. The van der Waals surface area contributed by atoms with Gasteiger partial charge in [-0.25, -0.2) is 0 Å². The first-order chi connectivity index (χ1) is 13.4. The van der Waals surface area contributed by atoms with Gasteiger partial charge in [-0.3, -0.25) is 9.59 Å². The number of amides is 1. The zero-order valence-corrected chi connectivity index (χ0v) is 16.6. The highest BCUT2D eigenvalue weighted by molar-refractivity contribution is 8.00. The highest BCUT2D eigenvalue weighted by atomic mass is 35.5. The Morgan fingerprint density at radius 3 is 2.54 bits per heavy atom. The molecule has 0 saturated carbocycles. The quantitative estimate of drug-likeness (QED) is 0.420. The Kier molecular flexibility index (Phi) is 6.38. The maximum Gasteiger partial charge on any atom is 0.258 e. The lowest BCUT2D eigenvalue weighted by Gasteiger charge is -2.12. The molecule has 2 aromatic carbocycles. The first-order valence-corrected chi connectivity index (χ1v) is 9.77. The number of thioether (sulfide) groups is 1. The second kappa shape index (κ2) is 8.95. The fourth-order valence-electron chi connectivity index (χ4n) is 2.48. The van der Waals surface area contributed by atoms with Crippen molar-refractivity contribution in [3.05, 3.63) is 81.1 Å². The molecule has 0 unspecified atom stereocenters. The van der Waals surface area contributed by atoms with Gasteiger partial charge in [0.05, 0.1) is 10.8 Å². The summed E-state index contributed by atoms with van der Waals surface area (Å²) in [5.41, 5.74) is 1.27. The Bertz CT molecular complexity index is 1020. The summed E-state index contributed by atoms with van der Waals surface area (Å²) < 4.78 is 0. The number of H-pyrrole nitrogens is 1. The third-order valence-corrected chi connectivity index (χ3v) is 5.20. The van der Waals surface area contributed by atoms with Gasteiger partial charge in [0.2, 0.25) is 11.8 Å². The average molecular weight is 416 g/mol. The molecule has 1 aromatic heterocycles. The van der Waals surface area contributed by atoms with Crippen LogP contribution in [0.25, 0.3) is 0 Å². The summed E-state index contributed by atoms with van der Waals surface area (Å²) in [4.78, 5) is 31.4. The molecule has 0 spiro atoms. The van der Waals surface area contributed by atoms with Crippen LogP contribution in [0.3, 0.4) is 0 Å². The molecule has 0 bridgehead atoms. The van der Waals surface area contributed by atoms with E-state index >= 15 is 0 Å². The minimum Gasteiger partial charge on any atom is -0.493 e. The monoisotopic (exact) mass is 415 g/mol. The van der Waals surface area contributed by atoms with E-state index in [2.05, 4.69) is 15.3 Å². The van der Waals surface area contributed by atoms with Crippen molar-refractivity contribution >= 4 is 35.0 Å². The predicted molar refractivity (Wildman–Crippen MR) is 111 cm³/mol. The number of halogens is 1. The van der Waals surface area contributed by atoms with Crippen LogP contribution < -0.4 is 10.9 Å². The number of carbonyl (C=O) groups is 1. The van der Waals surface area contributed by atoms with Gasteiger partial charge in [0.25, 0.3) is 5.56 Å². The molecule has 1 amide bonds. The molecule has 6 nitrogen and oxygen atoms in total. The first-order valence-electron chi connectivity index (χ1n) is 8.51. The van der Waals surface area contributed by atoms with Crippen LogP contribution in [0.1, 0.15) is 18.1 Å². The molecule has 1 heterocycles. The van der Waals surface area contributed by atoms with Gasteiger partial charge in [-0.2, -0.15) is 4.98 Å². The lowest BCUT2D eigenvalue weighted by atomic mass is 10.1. The number of nitrogens with one attached hydrogen (secondary N) is 2. The molecular formula is C20H18ClN3O3S. The zero-order chi connectivity index (χ0) is 20.1. The zero-order valence-electron chi connectivity index (χ0n) is 15.0. The Morgan fingerprint density at radius 1 is 1.21 bits per heavy atom. The highest BCUT2D eigenvalue weighted by Crippen LogP contribution is 2.23. The van der Waals surface area contributed by atoms with E-state index in [0.717, 1.165) is 17.3 Å². The number of rotatable bonds is 6. The predicted octanol–water partition coefficient (Wildman–Crippen LogP) is 3.84. The molecule has 0 saturated heterocycles. The van der Waals surface area contributed by atoms with E-state index in [1.807, 2.05) is 30.3 Å². The SMILES string of the molecule is C[C@@H](Sc1nc(O)c(Cc2ccccc2)c(=O)[nH]1)C(=O)Nc1ccc(Cl)cc1. The van der Waals surface area contributed by atoms with E-state index < -0.39 is 10.8 Å². The number of hydrogen-bond acceptors (Lipinski definition) is 5. The van der Waals surface area contributed by atoms with Crippen molar-refractivity contribution < 1.29 is 9.90 Å². The Labute approximate surface area is 171 Å². The molecule has 3 aromatic rings. The van der Waals surface area contributed by atoms with Crippen molar-refractivity contribution in [2.24, 2.45) is 0 Å². The summed E-state index contributed by atoms with van der Waals surface area (Å²) in [6.07, 6.45) is 0.270. The Morgan fingerprint density at radius 2 is 1.89 bits per heavy atom. The van der Waals surface area contributed by atoms with Crippen LogP contribution in [0.5, 0.6) is 5.88 Å². The second-order valence-electron chi connectivity index (χ2n) is 6.09. The number of aromatic hydroxyl groups is 1. The van der Waals surface area contributed by atoms with Gasteiger partial charge in [0, 0.05) is 17.1 Å². The standard InChI is InChI=1S/C20H18ClN3O3S/c1-12(17(25)22-15-9-7-14(21)8-10-15)28-20-23-18(26)16(19(27)24-20)11-13-5-3-2-4-6-13/h2-10,12H,11H2,1H3,(H,22,25)(H2,23,24,26,27)/t12-/m1/s1. The molecule has 0 aliphatic heterocycles. The average Bonchev–Trinajstić information content (AvgIpc) is 2.67. The van der Waals surface area contributed by atoms with Crippen molar-refractivity contribution in [2.45, 2.75) is 23.8 Å². The normalized spacial score (nSPS) is 11.8. The van der Waals surface area contributed by atoms with E-state index in [4.69, 9.17) is 11.6 Å². The summed E-state index contributed by atoms with van der Waals surface area (Å²) in [5.74, 6) is -0.594. The molecule has 0 aliphatic rings. The van der Waals surface area contributed by atoms with Gasteiger partial charge < -0.3 is 15.4 Å². The molecular weight excluding hydrogens is 398 g/mol. The van der Waals surface area contributed by atoms with E-state index in [1.165, 1.54) is 0 Å².